The fraction of sp³-hybridized carbons (Fsp3) is 0.444. The van der Waals surface area contributed by atoms with Gasteiger partial charge in [0, 0.05) is 17.0 Å². The number of amides is 1. The van der Waals surface area contributed by atoms with Crippen molar-refractivity contribution in [1.82, 2.24) is 15.6 Å². The summed E-state index contributed by atoms with van der Waals surface area (Å²) in [4.78, 5) is 22.8. The molecule has 0 aliphatic carbocycles. The molecular weight excluding hydrogens is 196 g/mol. The van der Waals surface area contributed by atoms with Crippen molar-refractivity contribution < 1.29 is 4.79 Å². The standard InChI is InChI=1S/C9H12N4O2/c1-4-6(8(14)12-10-4)3-7-5(2)11-13-9(7)15/h6H,3H2,1-2H3,(H,12,14)(H2,11,13,15). The maximum atomic E-state index is 11.4. The zero-order chi connectivity index (χ0) is 11.0. The smallest absolute Gasteiger partial charge is 0.267 e. The summed E-state index contributed by atoms with van der Waals surface area (Å²) in [7, 11) is 0. The topological polar surface area (TPSA) is 90.1 Å². The van der Waals surface area contributed by atoms with Gasteiger partial charge in [-0.15, -0.1) is 0 Å². The number of hydrogen-bond donors (Lipinski definition) is 3. The molecule has 1 aliphatic heterocycles. The number of hydrazone groups is 1. The molecule has 1 amide bonds. The molecule has 0 saturated heterocycles. The Kier molecular flexibility index (Phi) is 2.18. The molecule has 3 N–H and O–H groups in total. The van der Waals surface area contributed by atoms with E-state index in [1.807, 2.05) is 0 Å². The highest BCUT2D eigenvalue weighted by Crippen LogP contribution is 2.13. The molecule has 1 unspecified atom stereocenters. The van der Waals surface area contributed by atoms with E-state index in [9.17, 15) is 9.59 Å². The molecular formula is C9H12N4O2. The number of nitrogens with zero attached hydrogens (tertiary/aromatic N) is 1. The number of nitrogens with one attached hydrogen (secondary N) is 3. The highest BCUT2D eigenvalue weighted by Gasteiger charge is 2.28. The van der Waals surface area contributed by atoms with E-state index < -0.39 is 0 Å². The minimum Gasteiger partial charge on any atom is -0.302 e. The molecule has 1 aliphatic rings. The molecule has 6 nitrogen and oxygen atoms in total. The van der Waals surface area contributed by atoms with Crippen molar-refractivity contribution in [1.29, 1.82) is 0 Å². The van der Waals surface area contributed by atoms with Gasteiger partial charge >= 0.3 is 0 Å². The molecule has 0 saturated carbocycles. The first-order valence-electron chi connectivity index (χ1n) is 4.69. The predicted octanol–water partition coefficient (Wildman–Crippen LogP) is -0.324. The predicted molar refractivity (Wildman–Crippen MR) is 54.6 cm³/mol. The third-order valence-corrected chi connectivity index (χ3v) is 2.66. The number of hydrogen-bond acceptors (Lipinski definition) is 3. The van der Waals surface area contributed by atoms with Crippen LogP contribution < -0.4 is 11.0 Å². The average Bonchev–Trinajstić information content (AvgIpc) is 2.67. The van der Waals surface area contributed by atoms with Crippen molar-refractivity contribution >= 4 is 11.6 Å². The van der Waals surface area contributed by atoms with Crippen LogP contribution in [0.1, 0.15) is 18.2 Å². The van der Waals surface area contributed by atoms with Crippen molar-refractivity contribution in [2.24, 2.45) is 11.0 Å². The van der Waals surface area contributed by atoms with Crippen LogP contribution in [0.4, 0.5) is 0 Å². The minimum absolute atomic E-state index is 0.146. The molecule has 2 heterocycles. The number of aryl methyl sites for hydroxylation is 1. The van der Waals surface area contributed by atoms with Gasteiger partial charge in [0.15, 0.2) is 0 Å². The fourth-order valence-electron chi connectivity index (χ4n) is 1.65. The lowest BCUT2D eigenvalue weighted by molar-refractivity contribution is -0.122. The molecule has 0 spiro atoms. The van der Waals surface area contributed by atoms with Gasteiger partial charge < -0.3 is 5.10 Å². The van der Waals surface area contributed by atoms with Crippen LogP contribution in [-0.4, -0.2) is 21.8 Å². The summed E-state index contributed by atoms with van der Waals surface area (Å²) in [6, 6.07) is 0. The van der Waals surface area contributed by atoms with Gasteiger partial charge in [-0.25, -0.2) is 5.43 Å². The van der Waals surface area contributed by atoms with Crippen LogP contribution in [0.5, 0.6) is 0 Å². The Balaban J connectivity index is 2.26. The summed E-state index contributed by atoms with van der Waals surface area (Å²) in [5.41, 5.74) is 4.34. The highest BCUT2D eigenvalue weighted by molar-refractivity contribution is 6.07. The Hall–Kier alpha value is -1.85. The molecule has 0 fully saturated rings. The fourth-order valence-corrected chi connectivity index (χ4v) is 1.65. The number of aromatic nitrogens is 2. The Morgan fingerprint density at radius 1 is 1.27 bits per heavy atom. The lowest BCUT2D eigenvalue weighted by Gasteiger charge is -2.05. The first-order valence-corrected chi connectivity index (χ1v) is 4.69. The van der Waals surface area contributed by atoms with Gasteiger partial charge in [-0.3, -0.25) is 14.7 Å². The first-order chi connectivity index (χ1) is 7.09. The lowest BCUT2D eigenvalue weighted by Crippen LogP contribution is -2.26. The van der Waals surface area contributed by atoms with E-state index in [1.54, 1.807) is 13.8 Å². The Labute approximate surface area is 85.8 Å². The summed E-state index contributed by atoms with van der Waals surface area (Å²) in [5, 5.41) is 9.05. The monoisotopic (exact) mass is 208 g/mol. The summed E-state index contributed by atoms with van der Waals surface area (Å²) >= 11 is 0. The van der Waals surface area contributed by atoms with Crippen molar-refractivity contribution in [3.8, 4) is 0 Å². The van der Waals surface area contributed by atoms with Crippen LogP contribution >= 0.6 is 0 Å². The van der Waals surface area contributed by atoms with Crippen LogP contribution in [0.25, 0.3) is 0 Å². The molecule has 0 bridgehead atoms. The summed E-state index contributed by atoms with van der Waals surface area (Å²) in [6.07, 6.45) is 0.395. The van der Waals surface area contributed by atoms with E-state index in [0.717, 1.165) is 11.4 Å². The average molecular weight is 208 g/mol. The van der Waals surface area contributed by atoms with Crippen molar-refractivity contribution in [3.05, 3.63) is 21.6 Å². The lowest BCUT2D eigenvalue weighted by atomic mass is 9.96. The molecule has 15 heavy (non-hydrogen) atoms. The van der Waals surface area contributed by atoms with Gasteiger partial charge in [-0.2, -0.15) is 5.10 Å². The second kappa shape index (κ2) is 3.38. The first kappa shape index (κ1) is 9.70. The molecule has 0 aromatic carbocycles. The molecule has 1 atom stereocenters. The third-order valence-electron chi connectivity index (χ3n) is 2.66. The molecule has 0 radical (unpaired) electrons. The molecule has 80 valence electrons. The van der Waals surface area contributed by atoms with E-state index in [-0.39, 0.29) is 17.4 Å². The van der Waals surface area contributed by atoms with Crippen molar-refractivity contribution in [3.63, 3.8) is 0 Å². The Bertz CT molecular complexity index is 483. The second-order valence-electron chi connectivity index (χ2n) is 3.67. The van der Waals surface area contributed by atoms with Gasteiger partial charge in [0.25, 0.3) is 5.56 Å². The largest absolute Gasteiger partial charge is 0.302 e. The molecule has 1 aromatic rings. The van der Waals surface area contributed by atoms with Gasteiger partial charge in [-0.05, 0) is 20.3 Å². The van der Waals surface area contributed by atoms with Crippen LogP contribution in [-0.2, 0) is 11.2 Å². The number of rotatable bonds is 2. The van der Waals surface area contributed by atoms with E-state index >= 15 is 0 Å². The zero-order valence-electron chi connectivity index (χ0n) is 8.55. The highest BCUT2D eigenvalue weighted by atomic mass is 16.2. The normalized spacial score (nSPS) is 20.3. The quantitative estimate of drug-likeness (QED) is 0.621. The number of H-pyrrole nitrogens is 2. The minimum atomic E-state index is -0.319. The van der Waals surface area contributed by atoms with Gasteiger partial charge in [0.1, 0.15) is 0 Å². The summed E-state index contributed by atoms with van der Waals surface area (Å²) in [5.74, 6) is -0.465. The van der Waals surface area contributed by atoms with Crippen molar-refractivity contribution in [2.45, 2.75) is 20.3 Å². The maximum Gasteiger partial charge on any atom is 0.267 e. The van der Waals surface area contributed by atoms with Gasteiger partial charge in [-0.1, -0.05) is 0 Å². The molecule has 1 aromatic heterocycles. The van der Waals surface area contributed by atoms with E-state index in [0.29, 0.717) is 12.0 Å². The molecule has 6 heteroatoms. The third kappa shape index (κ3) is 1.58. The number of aromatic amines is 2. The van der Waals surface area contributed by atoms with Gasteiger partial charge in [0.2, 0.25) is 5.91 Å². The van der Waals surface area contributed by atoms with Crippen molar-refractivity contribution in [2.75, 3.05) is 0 Å². The number of carbonyl (C=O) groups excluding carboxylic acids is 1. The maximum absolute atomic E-state index is 11.4. The zero-order valence-corrected chi connectivity index (χ0v) is 8.55. The molecule has 2 rings (SSSR count). The van der Waals surface area contributed by atoms with Crippen LogP contribution in [0.3, 0.4) is 0 Å². The van der Waals surface area contributed by atoms with Crippen LogP contribution in [0.15, 0.2) is 9.90 Å². The van der Waals surface area contributed by atoms with Crippen LogP contribution in [0, 0.1) is 12.8 Å². The van der Waals surface area contributed by atoms with E-state index in [1.165, 1.54) is 0 Å². The van der Waals surface area contributed by atoms with E-state index in [2.05, 4.69) is 20.7 Å². The van der Waals surface area contributed by atoms with Crippen LogP contribution in [0.2, 0.25) is 0 Å². The Morgan fingerprint density at radius 2 is 2.00 bits per heavy atom. The van der Waals surface area contributed by atoms with Gasteiger partial charge in [0.05, 0.1) is 5.92 Å². The summed E-state index contributed by atoms with van der Waals surface area (Å²) in [6.45, 7) is 3.57. The Morgan fingerprint density at radius 3 is 2.47 bits per heavy atom. The van der Waals surface area contributed by atoms with E-state index in [4.69, 9.17) is 0 Å². The number of carbonyl (C=O) groups is 1. The SMILES string of the molecule is CC1=NNC(=O)C1Cc1c(C)[nH][nH]c1=O. The summed E-state index contributed by atoms with van der Waals surface area (Å²) < 4.78 is 0. The second-order valence-corrected chi connectivity index (χ2v) is 3.67.